The van der Waals surface area contributed by atoms with E-state index in [1.807, 2.05) is 42.5 Å². The van der Waals surface area contributed by atoms with Gasteiger partial charge in [0, 0.05) is 12.2 Å². The molecule has 1 aliphatic heterocycles. The van der Waals surface area contributed by atoms with E-state index in [0.717, 1.165) is 23.7 Å². The van der Waals surface area contributed by atoms with E-state index in [1.165, 1.54) is 5.56 Å². The molecule has 126 valence electrons. The lowest BCUT2D eigenvalue weighted by molar-refractivity contribution is 0.0754. The van der Waals surface area contributed by atoms with Crippen molar-refractivity contribution in [3.05, 3.63) is 54.1 Å². The first-order chi connectivity index (χ1) is 11.7. The highest BCUT2D eigenvalue weighted by atomic mass is 32.1. The lowest BCUT2D eigenvalue weighted by atomic mass is 10.2. The van der Waals surface area contributed by atoms with E-state index < -0.39 is 0 Å². The minimum Gasteiger partial charge on any atom is -0.486 e. The van der Waals surface area contributed by atoms with Gasteiger partial charge in [-0.3, -0.25) is 0 Å². The molecule has 5 heteroatoms. The molecule has 2 aromatic carbocycles. The lowest BCUT2D eigenvalue weighted by Crippen LogP contribution is -2.45. The molecule has 1 atom stereocenters. The zero-order valence-corrected chi connectivity index (χ0v) is 14.8. The van der Waals surface area contributed by atoms with Crippen LogP contribution in [-0.2, 0) is 0 Å². The largest absolute Gasteiger partial charge is 0.486 e. The second-order valence-electron chi connectivity index (χ2n) is 5.78. The molecule has 2 aromatic rings. The monoisotopic (exact) mass is 342 g/mol. The average Bonchev–Trinajstić information content (AvgIpc) is 2.61. The van der Waals surface area contributed by atoms with Crippen LogP contribution in [0.15, 0.2) is 48.5 Å². The Hall–Kier alpha value is -2.27. The van der Waals surface area contributed by atoms with Crippen molar-refractivity contribution in [1.82, 2.24) is 4.90 Å². The van der Waals surface area contributed by atoms with Crippen LogP contribution in [0.3, 0.4) is 0 Å². The molecule has 3 rings (SSSR count). The third-order valence-corrected chi connectivity index (χ3v) is 4.41. The quantitative estimate of drug-likeness (QED) is 0.854. The first kappa shape index (κ1) is 16.6. The first-order valence-corrected chi connectivity index (χ1v) is 8.58. The summed E-state index contributed by atoms with van der Waals surface area (Å²) >= 11 is 5.58. The van der Waals surface area contributed by atoms with Gasteiger partial charge in [0.2, 0.25) is 0 Å². The van der Waals surface area contributed by atoms with Gasteiger partial charge in [-0.1, -0.05) is 30.3 Å². The molecule has 0 spiro atoms. The molecule has 4 nitrogen and oxygen atoms in total. The Morgan fingerprint density at radius 1 is 1.17 bits per heavy atom. The van der Waals surface area contributed by atoms with Gasteiger partial charge in [0.1, 0.15) is 6.61 Å². The molecule has 0 unspecified atom stereocenters. The second kappa shape index (κ2) is 7.53. The number of nitrogens with zero attached hydrogens (tertiary/aromatic N) is 1. The summed E-state index contributed by atoms with van der Waals surface area (Å²) in [5.41, 5.74) is 2.20. The van der Waals surface area contributed by atoms with Crippen molar-refractivity contribution in [1.29, 1.82) is 0 Å². The lowest BCUT2D eigenvalue weighted by Gasteiger charge is -2.32. The molecule has 0 fully saturated rings. The summed E-state index contributed by atoms with van der Waals surface area (Å²) < 4.78 is 11.8. The van der Waals surface area contributed by atoms with Gasteiger partial charge < -0.3 is 19.7 Å². The Bertz CT molecular complexity index is 720. The standard InChI is InChI=1S/C19H22N2O2S/c1-3-21(19(24)20-16-9-5-4-8-14(16)2)12-15-13-22-17-10-6-7-11-18(17)23-15/h4-11,15H,3,12-13H2,1-2H3,(H,20,24)/t15-/m0/s1. The van der Waals surface area contributed by atoms with Crippen LogP contribution in [0, 0.1) is 6.92 Å². The van der Waals surface area contributed by atoms with E-state index in [2.05, 4.69) is 30.1 Å². The number of ether oxygens (including phenoxy) is 2. The zero-order chi connectivity index (χ0) is 16.9. The molecular weight excluding hydrogens is 320 g/mol. The Morgan fingerprint density at radius 3 is 2.62 bits per heavy atom. The van der Waals surface area contributed by atoms with E-state index in [1.54, 1.807) is 0 Å². The third kappa shape index (κ3) is 3.79. The maximum absolute atomic E-state index is 6.03. The van der Waals surface area contributed by atoms with Crippen LogP contribution in [0.5, 0.6) is 11.5 Å². The fourth-order valence-electron chi connectivity index (χ4n) is 2.66. The van der Waals surface area contributed by atoms with Crippen molar-refractivity contribution in [2.45, 2.75) is 20.0 Å². The van der Waals surface area contributed by atoms with Gasteiger partial charge in [-0.05, 0) is 49.8 Å². The minimum absolute atomic E-state index is 0.0449. The molecule has 0 radical (unpaired) electrons. The Kier molecular flexibility index (Phi) is 5.20. The third-order valence-electron chi connectivity index (χ3n) is 4.05. The van der Waals surface area contributed by atoms with Crippen LogP contribution in [-0.4, -0.2) is 35.8 Å². The number of fused-ring (bicyclic) bond motifs is 1. The Balaban J connectivity index is 1.63. The van der Waals surface area contributed by atoms with Gasteiger partial charge in [-0.2, -0.15) is 0 Å². The van der Waals surface area contributed by atoms with Gasteiger partial charge in [-0.15, -0.1) is 0 Å². The number of hydrogen-bond acceptors (Lipinski definition) is 3. The zero-order valence-electron chi connectivity index (χ0n) is 14.0. The van der Waals surface area contributed by atoms with Crippen LogP contribution >= 0.6 is 12.2 Å². The molecule has 0 bridgehead atoms. The highest BCUT2D eigenvalue weighted by Gasteiger charge is 2.23. The first-order valence-electron chi connectivity index (χ1n) is 8.17. The number of aryl methyl sites for hydroxylation is 1. The van der Waals surface area contributed by atoms with Crippen LogP contribution in [0.4, 0.5) is 5.69 Å². The van der Waals surface area contributed by atoms with Gasteiger partial charge in [0.05, 0.1) is 6.54 Å². The topological polar surface area (TPSA) is 33.7 Å². The number of anilines is 1. The van der Waals surface area contributed by atoms with Crippen molar-refractivity contribution >= 4 is 23.0 Å². The molecule has 24 heavy (non-hydrogen) atoms. The summed E-state index contributed by atoms with van der Waals surface area (Å²) in [6.45, 7) is 6.17. The van der Waals surface area contributed by atoms with Crippen LogP contribution in [0.2, 0.25) is 0 Å². The second-order valence-corrected chi connectivity index (χ2v) is 6.17. The SMILES string of the molecule is CCN(C[C@H]1COc2ccccc2O1)C(=S)Nc1ccccc1C. The molecular formula is C19H22N2O2S. The number of rotatable bonds is 4. The van der Waals surface area contributed by atoms with Crippen molar-refractivity contribution in [3.8, 4) is 11.5 Å². The number of para-hydroxylation sites is 3. The summed E-state index contributed by atoms with van der Waals surface area (Å²) in [7, 11) is 0. The normalized spacial score (nSPS) is 15.7. The maximum atomic E-state index is 6.03. The fourth-order valence-corrected chi connectivity index (χ4v) is 2.98. The maximum Gasteiger partial charge on any atom is 0.173 e. The Labute approximate surface area is 148 Å². The summed E-state index contributed by atoms with van der Waals surface area (Å²) in [6.07, 6.45) is -0.0449. The van der Waals surface area contributed by atoms with Gasteiger partial charge in [0.15, 0.2) is 22.7 Å². The molecule has 1 aliphatic rings. The number of thiocarbonyl (C=S) groups is 1. The predicted molar refractivity (Wildman–Crippen MR) is 101 cm³/mol. The Morgan fingerprint density at radius 2 is 1.88 bits per heavy atom. The summed E-state index contributed by atoms with van der Waals surface area (Å²) in [4.78, 5) is 2.10. The average molecular weight is 342 g/mol. The van der Waals surface area contributed by atoms with Crippen LogP contribution in [0.1, 0.15) is 12.5 Å². The van der Waals surface area contributed by atoms with Gasteiger partial charge in [0.25, 0.3) is 0 Å². The van der Waals surface area contributed by atoms with Crippen molar-refractivity contribution in [2.24, 2.45) is 0 Å². The van der Waals surface area contributed by atoms with Crippen molar-refractivity contribution < 1.29 is 9.47 Å². The molecule has 0 aliphatic carbocycles. The van der Waals surface area contributed by atoms with E-state index >= 15 is 0 Å². The number of hydrogen-bond donors (Lipinski definition) is 1. The highest BCUT2D eigenvalue weighted by molar-refractivity contribution is 7.80. The van der Waals surface area contributed by atoms with Crippen LogP contribution in [0.25, 0.3) is 0 Å². The van der Waals surface area contributed by atoms with Crippen molar-refractivity contribution in [3.63, 3.8) is 0 Å². The molecule has 1 heterocycles. The summed E-state index contributed by atoms with van der Waals surface area (Å²) in [6, 6.07) is 15.9. The number of likely N-dealkylation sites (N-methyl/N-ethyl adjacent to an activating group) is 1. The number of benzene rings is 2. The highest BCUT2D eigenvalue weighted by Crippen LogP contribution is 2.31. The molecule has 0 saturated carbocycles. The fraction of sp³-hybridized carbons (Fsp3) is 0.316. The summed E-state index contributed by atoms with van der Waals surface area (Å²) in [5.74, 6) is 1.60. The van der Waals surface area contributed by atoms with Gasteiger partial charge in [-0.25, -0.2) is 0 Å². The van der Waals surface area contributed by atoms with Crippen molar-refractivity contribution in [2.75, 3.05) is 25.0 Å². The number of nitrogens with one attached hydrogen (secondary N) is 1. The predicted octanol–water partition coefficient (Wildman–Crippen LogP) is 3.85. The molecule has 0 amide bonds. The molecule has 0 aromatic heterocycles. The smallest absolute Gasteiger partial charge is 0.173 e. The van der Waals surface area contributed by atoms with E-state index in [0.29, 0.717) is 18.3 Å². The van der Waals surface area contributed by atoms with Gasteiger partial charge >= 0.3 is 0 Å². The van der Waals surface area contributed by atoms with E-state index in [-0.39, 0.29) is 6.10 Å². The van der Waals surface area contributed by atoms with E-state index in [9.17, 15) is 0 Å². The molecule has 1 N–H and O–H groups in total. The minimum atomic E-state index is -0.0449. The molecule has 0 saturated heterocycles. The summed E-state index contributed by atoms with van der Waals surface area (Å²) in [5, 5.41) is 4.03. The van der Waals surface area contributed by atoms with E-state index in [4.69, 9.17) is 21.7 Å². The van der Waals surface area contributed by atoms with Crippen LogP contribution < -0.4 is 14.8 Å².